The number of hydrogen-bond acceptors (Lipinski definition) is 7. The highest BCUT2D eigenvalue weighted by Gasteiger charge is 2.40. The molecule has 1 aromatic heterocycles. The number of fused-ring (bicyclic) bond motifs is 1. The minimum atomic E-state index is -4.13. The lowest BCUT2D eigenvalue weighted by molar-refractivity contribution is -0.136. The highest BCUT2D eigenvalue weighted by Crippen LogP contribution is 2.34. The normalized spacial score (nSPS) is 15.9. The Morgan fingerprint density at radius 2 is 1.82 bits per heavy atom. The van der Waals surface area contributed by atoms with E-state index in [2.05, 4.69) is 4.98 Å². The average Bonchev–Trinajstić information content (AvgIpc) is 2.84. The van der Waals surface area contributed by atoms with E-state index in [1.807, 2.05) is 6.07 Å². The fraction of sp³-hybridized carbons (Fsp3) is 0.174. The number of amides is 1. The fourth-order valence-corrected chi connectivity index (χ4v) is 5.34. The summed E-state index contributed by atoms with van der Waals surface area (Å²) in [5, 5.41) is 18.1. The third-order valence-corrected chi connectivity index (χ3v) is 7.26. The van der Waals surface area contributed by atoms with Crippen LogP contribution in [0.25, 0.3) is 0 Å². The Kier molecular flexibility index (Phi) is 6.59. The van der Waals surface area contributed by atoms with Gasteiger partial charge in [-0.15, -0.1) is 0 Å². The Labute approximate surface area is 195 Å². The van der Waals surface area contributed by atoms with E-state index in [4.69, 9.17) is 9.84 Å². The van der Waals surface area contributed by atoms with E-state index < -0.39 is 27.9 Å². The van der Waals surface area contributed by atoms with Gasteiger partial charge < -0.3 is 9.84 Å². The van der Waals surface area contributed by atoms with Gasteiger partial charge in [0.25, 0.3) is 5.91 Å². The van der Waals surface area contributed by atoms with Crippen molar-refractivity contribution in [3.05, 3.63) is 83.6 Å². The first-order valence-electron chi connectivity index (χ1n) is 10.3. The van der Waals surface area contributed by atoms with Crippen molar-refractivity contribution in [1.82, 2.24) is 14.8 Å². The number of carboxylic acids is 1. The standard InChI is InChI=1S/C23H21N3O7S/c27-21(28)13-15-5-7-17(8-6-15)33-20-10-9-18(14-24-20)34(31,32)26-12-11-16-3-1-2-4-19(16)22(26)23(29)25-30/h1-10,14,22,30H,11-13H2,(H,25,29)(H,27,28). The van der Waals surface area contributed by atoms with Gasteiger partial charge in [0.2, 0.25) is 15.9 Å². The van der Waals surface area contributed by atoms with E-state index in [-0.39, 0.29) is 23.7 Å². The molecule has 2 aromatic carbocycles. The van der Waals surface area contributed by atoms with E-state index >= 15 is 0 Å². The molecule has 1 atom stereocenters. The molecule has 2 heterocycles. The molecule has 0 radical (unpaired) electrons. The molecule has 176 valence electrons. The third kappa shape index (κ3) is 4.76. The molecule has 11 heteroatoms. The van der Waals surface area contributed by atoms with Gasteiger partial charge in [-0.05, 0) is 41.3 Å². The number of aromatic nitrogens is 1. The summed E-state index contributed by atoms with van der Waals surface area (Å²) in [6.45, 7) is 0.0539. The van der Waals surface area contributed by atoms with Crippen molar-refractivity contribution in [3.63, 3.8) is 0 Å². The number of carbonyl (C=O) groups excluding carboxylic acids is 1. The molecule has 0 saturated carbocycles. The van der Waals surface area contributed by atoms with Gasteiger partial charge in [-0.2, -0.15) is 4.31 Å². The Morgan fingerprint density at radius 1 is 1.09 bits per heavy atom. The third-order valence-electron chi connectivity index (χ3n) is 5.41. The van der Waals surface area contributed by atoms with E-state index in [0.29, 0.717) is 23.3 Å². The van der Waals surface area contributed by atoms with Crippen molar-refractivity contribution < 1.29 is 33.1 Å². The first-order valence-corrected chi connectivity index (χ1v) is 11.7. The summed E-state index contributed by atoms with van der Waals surface area (Å²) in [6.07, 6.45) is 1.44. The lowest BCUT2D eigenvalue weighted by atomic mass is 9.94. The first kappa shape index (κ1) is 23.4. The lowest BCUT2D eigenvalue weighted by Crippen LogP contribution is -2.46. The predicted molar refractivity (Wildman–Crippen MR) is 119 cm³/mol. The summed E-state index contributed by atoms with van der Waals surface area (Å²) < 4.78 is 33.4. The molecule has 3 aromatic rings. The van der Waals surface area contributed by atoms with Gasteiger partial charge in [0.05, 0.1) is 12.6 Å². The SMILES string of the molecule is O=C(O)Cc1ccc(Oc2ccc(S(=O)(=O)N3CCc4ccccc4C3C(=O)NO)cn2)cc1. The monoisotopic (exact) mass is 483 g/mol. The van der Waals surface area contributed by atoms with Crippen molar-refractivity contribution in [2.24, 2.45) is 0 Å². The van der Waals surface area contributed by atoms with Gasteiger partial charge in [-0.3, -0.25) is 14.8 Å². The second kappa shape index (κ2) is 9.59. The zero-order valence-corrected chi connectivity index (χ0v) is 18.6. The summed E-state index contributed by atoms with van der Waals surface area (Å²) >= 11 is 0. The second-order valence-corrected chi connectivity index (χ2v) is 9.48. The quantitative estimate of drug-likeness (QED) is 0.343. The van der Waals surface area contributed by atoms with Crippen molar-refractivity contribution in [3.8, 4) is 11.6 Å². The summed E-state index contributed by atoms with van der Waals surface area (Å²) in [6, 6.07) is 14.9. The molecule has 1 aliphatic rings. The number of sulfonamides is 1. The maximum atomic E-state index is 13.4. The van der Waals surface area contributed by atoms with Crippen LogP contribution in [0.15, 0.2) is 71.8 Å². The topological polar surface area (TPSA) is 146 Å². The number of nitrogens with zero attached hydrogens (tertiary/aromatic N) is 2. The maximum Gasteiger partial charge on any atom is 0.307 e. The number of aliphatic carboxylic acids is 1. The lowest BCUT2D eigenvalue weighted by Gasteiger charge is -2.34. The van der Waals surface area contributed by atoms with Crippen LogP contribution in [0.5, 0.6) is 11.6 Å². The summed E-state index contributed by atoms with van der Waals surface area (Å²) in [5.41, 5.74) is 3.51. The predicted octanol–water partition coefficient (Wildman–Crippen LogP) is 2.29. The molecule has 1 amide bonds. The molecule has 3 N–H and O–H groups in total. The number of hydroxylamine groups is 1. The second-order valence-electron chi connectivity index (χ2n) is 7.59. The summed E-state index contributed by atoms with van der Waals surface area (Å²) in [7, 11) is -4.13. The number of ether oxygens (including phenoxy) is 1. The highest BCUT2D eigenvalue weighted by molar-refractivity contribution is 7.89. The fourth-order valence-electron chi connectivity index (χ4n) is 3.82. The molecule has 10 nitrogen and oxygen atoms in total. The van der Waals surface area contributed by atoms with Crippen LogP contribution in [0.2, 0.25) is 0 Å². The van der Waals surface area contributed by atoms with E-state index in [9.17, 15) is 23.2 Å². The van der Waals surface area contributed by atoms with Crippen LogP contribution in [0, 0.1) is 0 Å². The summed E-state index contributed by atoms with van der Waals surface area (Å²) in [5.74, 6) is -1.25. The molecule has 0 aliphatic carbocycles. The van der Waals surface area contributed by atoms with Crippen molar-refractivity contribution >= 4 is 21.9 Å². The van der Waals surface area contributed by atoms with Gasteiger partial charge in [-0.25, -0.2) is 18.9 Å². The molecule has 0 fully saturated rings. The Bertz CT molecular complexity index is 1310. The smallest absolute Gasteiger partial charge is 0.307 e. The highest BCUT2D eigenvalue weighted by atomic mass is 32.2. The largest absolute Gasteiger partial charge is 0.481 e. The molecule has 34 heavy (non-hydrogen) atoms. The van der Waals surface area contributed by atoms with Crippen molar-refractivity contribution in [2.45, 2.75) is 23.8 Å². The van der Waals surface area contributed by atoms with Crippen molar-refractivity contribution in [1.29, 1.82) is 0 Å². The van der Waals surface area contributed by atoms with Crippen LogP contribution in [-0.2, 0) is 32.5 Å². The van der Waals surface area contributed by atoms with Crippen LogP contribution in [-0.4, -0.2) is 46.4 Å². The van der Waals surface area contributed by atoms with Gasteiger partial charge in [-0.1, -0.05) is 36.4 Å². The zero-order chi connectivity index (χ0) is 24.3. The van der Waals surface area contributed by atoms with Crippen LogP contribution >= 0.6 is 0 Å². The molecular formula is C23H21N3O7S. The number of hydrogen-bond donors (Lipinski definition) is 3. The van der Waals surface area contributed by atoms with Crippen LogP contribution < -0.4 is 10.2 Å². The molecule has 1 unspecified atom stereocenters. The molecule has 0 bridgehead atoms. The molecule has 4 rings (SSSR count). The van der Waals surface area contributed by atoms with E-state index in [1.54, 1.807) is 47.9 Å². The molecular weight excluding hydrogens is 462 g/mol. The van der Waals surface area contributed by atoms with Gasteiger partial charge in [0.15, 0.2) is 0 Å². The Balaban J connectivity index is 1.56. The molecule has 0 saturated heterocycles. The van der Waals surface area contributed by atoms with Crippen LogP contribution in [0.4, 0.5) is 0 Å². The number of carboxylic acid groups (broad SMARTS) is 1. The van der Waals surface area contributed by atoms with E-state index in [1.165, 1.54) is 12.1 Å². The number of carbonyl (C=O) groups is 2. The Hall–Kier alpha value is -3.80. The minimum absolute atomic E-state index is 0.0539. The summed E-state index contributed by atoms with van der Waals surface area (Å²) in [4.78, 5) is 27.1. The number of rotatable bonds is 7. The average molecular weight is 484 g/mol. The number of benzene rings is 2. The Morgan fingerprint density at radius 3 is 2.47 bits per heavy atom. The van der Waals surface area contributed by atoms with Gasteiger partial charge >= 0.3 is 5.97 Å². The zero-order valence-electron chi connectivity index (χ0n) is 17.8. The maximum absolute atomic E-state index is 13.4. The molecule has 1 aliphatic heterocycles. The van der Waals surface area contributed by atoms with Crippen LogP contribution in [0.1, 0.15) is 22.7 Å². The first-order chi connectivity index (χ1) is 16.3. The van der Waals surface area contributed by atoms with Gasteiger partial charge in [0.1, 0.15) is 16.7 Å². The van der Waals surface area contributed by atoms with Gasteiger partial charge in [0, 0.05) is 12.6 Å². The van der Waals surface area contributed by atoms with E-state index in [0.717, 1.165) is 16.1 Å². The number of pyridine rings is 1. The van der Waals surface area contributed by atoms with Crippen molar-refractivity contribution in [2.75, 3.05) is 6.54 Å². The number of nitrogens with one attached hydrogen (secondary N) is 1. The minimum Gasteiger partial charge on any atom is -0.481 e. The van der Waals surface area contributed by atoms with Crippen LogP contribution in [0.3, 0.4) is 0 Å². The molecule has 0 spiro atoms.